The van der Waals surface area contributed by atoms with Gasteiger partial charge in [0, 0.05) is 65.2 Å². The average Bonchev–Trinajstić information content (AvgIpc) is 3.29. The molecule has 2 saturated heterocycles. The summed E-state index contributed by atoms with van der Waals surface area (Å²) < 4.78 is 30.5. The number of aromatic carboxylic acids is 1. The first kappa shape index (κ1) is 46.9. The van der Waals surface area contributed by atoms with Gasteiger partial charge in [-0.15, -0.1) is 0 Å². The molecule has 346 valence electrons. The van der Waals surface area contributed by atoms with Crippen LogP contribution in [0.2, 0.25) is 0 Å². The Bertz CT molecular complexity index is 2580. The molecule has 0 spiro atoms. The number of carbonyl (C=O) groups excluding carboxylic acids is 3. The lowest BCUT2D eigenvalue weighted by molar-refractivity contribution is -0.352. The van der Waals surface area contributed by atoms with Crippen LogP contribution in [0.3, 0.4) is 0 Å². The van der Waals surface area contributed by atoms with Crippen molar-refractivity contribution in [1.29, 1.82) is 0 Å². The van der Waals surface area contributed by atoms with Crippen LogP contribution in [0, 0.1) is 0 Å². The van der Waals surface area contributed by atoms with E-state index in [1.807, 2.05) is 74.1 Å². The molecule has 0 aromatic heterocycles. The Morgan fingerprint density at radius 1 is 0.769 bits per heavy atom. The zero-order valence-corrected chi connectivity index (χ0v) is 35.6. The Hall–Kier alpha value is -6.04. The first-order valence-electron chi connectivity index (χ1n) is 20.5. The molecule has 2 amide bonds. The second kappa shape index (κ2) is 19.6. The zero-order chi connectivity index (χ0) is 46.9. The van der Waals surface area contributed by atoms with Crippen molar-refractivity contribution in [3.05, 3.63) is 95.3 Å². The maximum atomic E-state index is 13.3. The maximum absolute atomic E-state index is 13.3. The highest BCUT2D eigenvalue weighted by Crippen LogP contribution is 2.42. The van der Waals surface area contributed by atoms with Gasteiger partial charge in [-0.1, -0.05) is 6.07 Å². The third kappa shape index (κ3) is 9.82. The summed E-state index contributed by atoms with van der Waals surface area (Å²) in [7, 11) is 7.57. The molecule has 3 aromatic carbocycles. The van der Waals surface area contributed by atoms with Gasteiger partial charge in [-0.25, -0.2) is 4.58 Å². The molecule has 0 radical (unpaired) electrons. The summed E-state index contributed by atoms with van der Waals surface area (Å²) in [6, 6.07) is 21.1. The Morgan fingerprint density at radius 2 is 1.45 bits per heavy atom. The summed E-state index contributed by atoms with van der Waals surface area (Å²) in [5, 5.41) is 91.0. The van der Waals surface area contributed by atoms with Gasteiger partial charge < -0.3 is 84.5 Å². The Morgan fingerprint density at radius 3 is 2.11 bits per heavy atom. The molecule has 2 fully saturated rings. The molecule has 20 heteroatoms. The predicted octanol–water partition coefficient (Wildman–Crippen LogP) is -1.96. The molecule has 9 N–H and O–H groups in total. The predicted molar refractivity (Wildman–Crippen MR) is 228 cm³/mol. The van der Waals surface area contributed by atoms with Crippen LogP contribution in [-0.4, -0.2) is 163 Å². The topological polar surface area (TPSA) is 296 Å². The van der Waals surface area contributed by atoms with Crippen molar-refractivity contribution < 1.29 is 78.6 Å². The number of ether oxygens (including phenoxy) is 4. The molecule has 10 atom stereocenters. The van der Waals surface area contributed by atoms with Gasteiger partial charge in [0.2, 0.25) is 17.6 Å². The Kier molecular flexibility index (Phi) is 14.2. The summed E-state index contributed by atoms with van der Waals surface area (Å²) in [6.07, 6.45) is -16.2. The lowest BCUT2D eigenvalue weighted by Gasteiger charge is -2.45. The van der Waals surface area contributed by atoms with Crippen LogP contribution >= 0.6 is 0 Å². The lowest BCUT2D eigenvalue weighted by Crippen LogP contribution is -2.65. The number of carbonyl (C=O) groups is 3. The number of nitrogens with one attached hydrogen (secondary N) is 2. The van der Waals surface area contributed by atoms with Gasteiger partial charge in [0.1, 0.15) is 80.0 Å². The van der Waals surface area contributed by atoms with Gasteiger partial charge in [0.25, 0.3) is 5.91 Å². The molecular weight excluding hydrogens is 853 g/mol. The third-order valence-corrected chi connectivity index (χ3v) is 11.3. The van der Waals surface area contributed by atoms with Crippen LogP contribution in [0.15, 0.2) is 83.3 Å². The van der Waals surface area contributed by atoms with Gasteiger partial charge in [0.05, 0.1) is 31.8 Å². The smallest absolute Gasteiger partial charge is 0.251 e. The maximum Gasteiger partial charge on any atom is 0.251 e. The standard InChI is InChI=1S/C45H50N4O16/c1-48(2)23-8-13-27-30(16-23)62-31-17-24(49(3)4)9-14-28(31)35(27)26-12-5-21(15-29(26)43(59)60)42(58)46-18-34(52)47-22-6-10-25(11-7-22)61-44-40(57)38(55)41(33(20-51)64-44)65-45-39(56)37(54)36(53)32(19-50)63-45/h5-17,32-33,36-41,44-45,50-51,53-57H,18-20H2,1-4H3,(H2-,46,47,52,58,59,60)/t32-,33-,36+,37+,38-,39-,40-,41-,44-,45+/m1/s1. The average molecular weight is 903 g/mol. The third-order valence-electron chi connectivity index (χ3n) is 11.3. The molecule has 0 saturated carbocycles. The second-order valence-electron chi connectivity index (χ2n) is 16.1. The molecule has 3 aliphatic heterocycles. The molecule has 20 nitrogen and oxygen atoms in total. The quantitative estimate of drug-likeness (QED) is 0.0458. The number of benzene rings is 4. The van der Waals surface area contributed by atoms with E-state index in [0.717, 1.165) is 11.0 Å². The number of aliphatic hydroxyl groups is 7. The normalized spacial score (nSPS) is 25.5. The van der Waals surface area contributed by atoms with Gasteiger partial charge in [-0.05, 0) is 60.2 Å². The van der Waals surface area contributed by atoms with Gasteiger partial charge in [-0.2, -0.15) is 0 Å². The van der Waals surface area contributed by atoms with Crippen molar-refractivity contribution in [1.82, 2.24) is 9.89 Å². The molecule has 3 aromatic rings. The van der Waals surface area contributed by atoms with E-state index in [1.54, 1.807) is 0 Å². The van der Waals surface area contributed by atoms with Crippen molar-refractivity contribution >= 4 is 40.1 Å². The van der Waals surface area contributed by atoms with Gasteiger partial charge in [0.15, 0.2) is 6.29 Å². The molecule has 0 unspecified atom stereocenters. The number of hydrogen-bond acceptors (Lipinski definition) is 17. The van der Waals surface area contributed by atoms with E-state index in [9.17, 15) is 55.2 Å². The first-order chi connectivity index (χ1) is 31.0. The van der Waals surface area contributed by atoms with E-state index in [1.165, 1.54) is 42.5 Å². The number of hydrogen-bond donors (Lipinski definition) is 9. The van der Waals surface area contributed by atoms with E-state index in [2.05, 4.69) is 10.6 Å². The number of fused-ring (bicyclic) bond motifs is 2. The van der Waals surface area contributed by atoms with Crippen molar-refractivity contribution in [2.45, 2.75) is 61.4 Å². The summed E-state index contributed by atoms with van der Waals surface area (Å²) in [4.78, 5) is 40.8. The summed E-state index contributed by atoms with van der Waals surface area (Å²) in [6.45, 7) is -1.99. The molecule has 0 bridgehead atoms. The molecule has 65 heavy (non-hydrogen) atoms. The molecule has 3 heterocycles. The van der Waals surface area contributed by atoms with Crippen LogP contribution < -0.4 is 35.3 Å². The van der Waals surface area contributed by atoms with Crippen LogP contribution in [-0.2, 0) is 19.0 Å². The van der Waals surface area contributed by atoms with E-state index in [-0.39, 0.29) is 22.6 Å². The number of aliphatic hydroxyl groups excluding tert-OH is 7. The van der Waals surface area contributed by atoms with Gasteiger partial charge >= 0.3 is 0 Å². The fourth-order valence-corrected chi connectivity index (χ4v) is 7.66. The highest BCUT2D eigenvalue weighted by molar-refractivity contribution is 6.09. The summed E-state index contributed by atoms with van der Waals surface area (Å²) in [5.74, 6) is -2.25. The minimum Gasteiger partial charge on any atom is -0.545 e. The summed E-state index contributed by atoms with van der Waals surface area (Å²) in [5.41, 5.74) is 2.88. The zero-order valence-electron chi connectivity index (χ0n) is 35.6. The van der Waals surface area contributed by atoms with Crippen molar-refractivity contribution in [3.63, 3.8) is 0 Å². The highest BCUT2D eigenvalue weighted by atomic mass is 16.7. The van der Waals surface area contributed by atoms with E-state index < -0.39 is 99.0 Å². The van der Waals surface area contributed by atoms with Crippen molar-refractivity contribution in [2.75, 3.05) is 58.2 Å². The minimum atomic E-state index is -1.82. The van der Waals surface area contributed by atoms with Crippen molar-refractivity contribution in [3.8, 4) is 28.2 Å². The SMILES string of the molecule is CN(C)c1ccc2c(-c3ccc(C(=O)NCC(=O)Nc4ccc(O[C@@H]5O[C@H](CO)[C@@H](O[C@@H]6O[C@H](CO)[C@H](O)[C@H](O)[C@H]6O)[C@H](O)[C@H]5O)cc4)cc3C(=O)[O-])c3ccc(=[N+](C)C)cc-3oc2c1. The molecule has 4 aliphatic rings. The van der Waals surface area contributed by atoms with E-state index >= 15 is 0 Å². The fourth-order valence-electron chi connectivity index (χ4n) is 7.66. The summed E-state index contributed by atoms with van der Waals surface area (Å²) >= 11 is 0. The molecular formula is C45H50N4O16. The van der Waals surface area contributed by atoms with Crippen LogP contribution in [0.5, 0.6) is 5.75 Å². The number of carboxylic acids is 1. The monoisotopic (exact) mass is 902 g/mol. The minimum absolute atomic E-state index is 0.0336. The lowest BCUT2D eigenvalue weighted by atomic mass is 9.89. The van der Waals surface area contributed by atoms with Gasteiger partial charge in [-0.3, -0.25) is 9.59 Å². The van der Waals surface area contributed by atoms with Crippen LogP contribution in [0.1, 0.15) is 20.7 Å². The number of amides is 2. The van der Waals surface area contributed by atoms with Crippen LogP contribution in [0.4, 0.5) is 11.4 Å². The number of rotatable bonds is 13. The number of anilines is 2. The fraction of sp³-hybridized carbons (Fsp3) is 0.378. The highest BCUT2D eigenvalue weighted by Gasteiger charge is 2.51. The Labute approximate surface area is 371 Å². The number of nitrogens with zero attached hydrogens (tertiary/aromatic N) is 2. The molecule has 7 rings (SSSR count). The number of carboxylic acid groups (broad SMARTS) is 1. The second-order valence-corrected chi connectivity index (χ2v) is 16.1. The first-order valence-corrected chi connectivity index (χ1v) is 20.5. The van der Waals surface area contributed by atoms with Crippen LogP contribution in [0.25, 0.3) is 33.4 Å². The largest absolute Gasteiger partial charge is 0.545 e. The van der Waals surface area contributed by atoms with E-state index in [4.69, 9.17) is 23.4 Å². The van der Waals surface area contributed by atoms with Crippen molar-refractivity contribution in [2.24, 2.45) is 0 Å². The Balaban J connectivity index is 0.994. The van der Waals surface area contributed by atoms with E-state index in [0.29, 0.717) is 33.4 Å². The molecule has 1 aliphatic carbocycles.